The van der Waals surface area contributed by atoms with Gasteiger partial charge in [0, 0.05) is 29.8 Å². The summed E-state index contributed by atoms with van der Waals surface area (Å²) in [5.74, 6) is -3.11. The molecule has 1 N–H and O–H groups in total. The maximum Gasteiger partial charge on any atom is 0.341 e. The van der Waals surface area contributed by atoms with E-state index in [1.807, 2.05) is 18.2 Å². The summed E-state index contributed by atoms with van der Waals surface area (Å²) in [6.45, 7) is 0.673. The van der Waals surface area contributed by atoms with Crippen molar-refractivity contribution in [3.63, 3.8) is 0 Å². The van der Waals surface area contributed by atoms with E-state index in [1.54, 1.807) is 4.90 Å². The van der Waals surface area contributed by atoms with Gasteiger partial charge in [-0.3, -0.25) is 4.79 Å². The molecule has 148 valence electrons. The summed E-state index contributed by atoms with van der Waals surface area (Å²) in [5, 5.41) is 9.09. The van der Waals surface area contributed by atoms with Crippen molar-refractivity contribution in [3.05, 3.63) is 73.5 Å². The second-order valence-corrected chi connectivity index (χ2v) is 8.32. The number of halogens is 3. The topological polar surface area (TPSA) is 62.5 Å². The molecule has 1 saturated carbocycles. The van der Waals surface area contributed by atoms with Gasteiger partial charge in [0.2, 0.25) is 5.43 Å². The van der Waals surface area contributed by atoms with Crippen LogP contribution in [0.25, 0.3) is 10.9 Å². The lowest BCUT2D eigenvalue weighted by atomic mass is 10.1. The summed E-state index contributed by atoms with van der Waals surface area (Å²) in [5.41, 5.74) is 0.354. The van der Waals surface area contributed by atoms with Gasteiger partial charge in [0.1, 0.15) is 17.1 Å². The number of carboxylic acids is 1. The first-order valence-electron chi connectivity index (χ1n) is 9.18. The van der Waals surface area contributed by atoms with Crippen LogP contribution in [0.4, 0.5) is 14.5 Å². The van der Waals surface area contributed by atoms with Crippen LogP contribution < -0.4 is 10.3 Å². The molecule has 5 rings (SSSR count). The number of carbonyl (C=O) groups is 1. The molecule has 0 atom stereocenters. The van der Waals surface area contributed by atoms with Crippen molar-refractivity contribution in [3.8, 4) is 0 Å². The molecule has 0 spiro atoms. The van der Waals surface area contributed by atoms with E-state index in [2.05, 4.69) is 15.9 Å². The van der Waals surface area contributed by atoms with E-state index in [0.717, 1.165) is 34.5 Å². The van der Waals surface area contributed by atoms with Gasteiger partial charge in [-0.1, -0.05) is 28.1 Å². The van der Waals surface area contributed by atoms with Crippen LogP contribution >= 0.6 is 15.9 Å². The zero-order valence-corrected chi connectivity index (χ0v) is 16.7. The molecule has 0 unspecified atom stereocenters. The lowest BCUT2D eigenvalue weighted by Gasteiger charge is -2.22. The Balaban J connectivity index is 1.74. The molecule has 29 heavy (non-hydrogen) atoms. The SMILES string of the molecule is O=C(O)c1cn(C2CC2)c2c(F)c(N3Cc4cccc(Br)c4C3)c(F)cc2c1=O. The Morgan fingerprint density at radius 2 is 1.97 bits per heavy atom. The number of benzene rings is 2. The van der Waals surface area contributed by atoms with E-state index in [1.165, 1.54) is 10.8 Å². The molecule has 1 aromatic heterocycles. The monoisotopic (exact) mass is 460 g/mol. The molecule has 2 aliphatic rings. The van der Waals surface area contributed by atoms with Crippen molar-refractivity contribution in [1.82, 2.24) is 4.57 Å². The average molecular weight is 461 g/mol. The summed E-state index contributed by atoms with van der Waals surface area (Å²) in [4.78, 5) is 25.6. The first-order valence-corrected chi connectivity index (χ1v) is 9.97. The maximum atomic E-state index is 15.7. The number of anilines is 1. The second kappa shape index (κ2) is 6.38. The molecule has 1 aliphatic carbocycles. The number of fused-ring (bicyclic) bond motifs is 2. The van der Waals surface area contributed by atoms with Gasteiger partial charge in [0.15, 0.2) is 5.82 Å². The fourth-order valence-corrected chi connectivity index (χ4v) is 4.59. The first kappa shape index (κ1) is 18.3. The van der Waals surface area contributed by atoms with Gasteiger partial charge in [0.25, 0.3) is 0 Å². The molecular formula is C21H15BrF2N2O3. The zero-order valence-electron chi connectivity index (χ0n) is 15.1. The van der Waals surface area contributed by atoms with E-state index in [4.69, 9.17) is 0 Å². The van der Waals surface area contributed by atoms with Crippen LogP contribution in [0.2, 0.25) is 0 Å². The standard InChI is InChI=1S/C21H15BrF2N2O3/c22-15-3-1-2-10-7-25(8-13(10)15)19-16(23)6-12-18(17(19)24)26(11-4-5-11)9-14(20(12)27)21(28)29/h1-3,6,9,11H,4-5,7-8H2,(H,28,29). The highest BCUT2D eigenvalue weighted by Gasteiger charge is 2.32. The first-order chi connectivity index (χ1) is 13.9. The highest BCUT2D eigenvalue weighted by molar-refractivity contribution is 9.10. The van der Waals surface area contributed by atoms with E-state index in [-0.39, 0.29) is 22.6 Å². The fraction of sp³-hybridized carbons (Fsp3) is 0.238. The van der Waals surface area contributed by atoms with Crippen LogP contribution in [-0.4, -0.2) is 15.6 Å². The molecule has 8 heteroatoms. The Hall–Kier alpha value is -2.74. The molecular weight excluding hydrogens is 446 g/mol. The van der Waals surface area contributed by atoms with Gasteiger partial charge < -0.3 is 14.6 Å². The van der Waals surface area contributed by atoms with E-state index in [0.29, 0.717) is 13.1 Å². The van der Waals surface area contributed by atoms with E-state index in [9.17, 15) is 14.7 Å². The van der Waals surface area contributed by atoms with Gasteiger partial charge >= 0.3 is 5.97 Å². The van der Waals surface area contributed by atoms with Crippen molar-refractivity contribution in [2.24, 2.45) is 0 Å². The molecule has 0 radical (unpaired) electrons. The Bertz CT molecular complexity index is 1270. The van der Waals surface area contributed by atoms with Crippen LogP contribution in [0.15, 0.2) is 39.7 Å². The van der Waals surface area contributed by atoms with Gasteiger partial charge in [-0.05, 0) is 36.1 Å². The zero-order chi connectivity index (χ0) is 20.4. The van der Waals surface area contributed by atoms with Crippen molar-refractivity contribution >= 4 is 38.5 Å². The average Bonchev–Trinajstić information content (AvgIpc) is 3.42. The van der Waals surface area contributed by atoms with Crippen LogP contribution in [-0.2, 0) is 13.1 Å². The van der Waals surface area contributed by atoms with Gasteiger partial charge in [-0.25, -0.2) is 13.6 Å². The van der Waals surface area contributed by atoms with Crippen molar-refractivity contribution < 1.29 is 18.7 Å². The molecule has 5 nitrogen and oxygen atoms in total. The second-order valence-electron chi connectivity index (χ2n) is 7.47. The molecule has 0 bridgehead atoms. The highest BCUT2D eigenvalue weighted by Crippen LogP contribution is 2.41. The van der Waals surface area contributed by atoms with Crippen LogP contribution in [0.5, 0.6) is 0 Å². The number of aromatic nitrogens is 1. The predicted octanol–water partition coefficient (Wildman–Crippen LogP) is 4.60. The Kier molecular flexibility index (Phi) is 4.03. The third kappa shape index (κ3) is 2.77. The largest absolute Gasteiger partial charge is 0.477 e. The summed E-state index contributed by atoms with van der Waals surface area (Å²) in [6, 6.07) is 6.55. The minimum atomic E-state index is -1.41. The van der Waals surface area contributed by atoms with E-state index < -0.39 is 28.6 Å². The highest BCUT2D eigenvalue weighted by atomic mass is 79.9. The third-order valence-electron chi connectivity index (χ3n) is 5.60. The summed E-state index contributed by atoms with van der Waals surface area (Å²) in [7, 11) is 0. The normalized spacial score (nSPS) is 15.8. The van der Waals surface area contributed by atoms with Gasteiger partial charge in [-0.2, -0.15) is 0 Å². The van der Waals surface area contributed by atoms with Gasteiger partial charge in [0.05, 0.1) is 10.9 Å². The summed E-state index contributed by atoms with van der Waals surface area (Å²) in [6.07, 6.45) is 2.70. The lowest BCUT2D eigenvalue weighted by Crippen LogP contribution is -2.22. The minimum absolute atomic E-state index is 0.0334. The van der Waals surface area contributed by atoms with Crippen LogP contribution in [0, 0.1) is 11.6 Å². The molecule has 0 saturated heterocycles. The van der Waals surface area contributed by atoms with Crippen molar-refractivity contribution in [2.45, 2.75) is 32.0 Å². The smallest absolute Gasteiger partial charge is 0.341 e. The van der Waals surface area contributed by atoms with Crippen LogP contribution in [0.3, 0.4) is 0 Å². The summed E-state index contributed by atoms with van der Waals surface area (Å²) >= 11 is 3.48. The number of pyridine rings is 1. The van der Waals surface area contributed by atoms with Crippen LogP contribution in [0.1, 0.15) is 40.4 Å². The number of hydrogen-bond donors (Lipinski definition) is 1. The quantitative estimate of drug-likeness (QED) is 0.620. The Labute approximate surface area is 172 Å². The Morgan fingerprint density at radius 3 is 2.62 bits per heavy atom. The fourth-order valence-electron chi connectivity index (χ4n) is 4.05. The molecule has 2 aromatic carbocycles. The van der Waals surface area contributed by atoms with E-state index >= 15 is 8.78 Å². The molecule has 3 aromatic rings. The third-order valence-corrected chi connectivity index (χ3v) is 6.34. The summed E-state index contributed by atoms with van der Waals surface area (Å²) < 4.78 is 33.1. The van der Waals surface area contributed by atoms with Gasteiger partial charge in [-0.15, -0.1) is 0 Å². The maximum absolute atomic E-state index is 15.7. The molecule has 2 heterocycles. The molecule has 1 fully saturated rings. The number of aromatic carboxylic acids is 1. The van der Waals surface area contributed by atoms with Crippen molar-refractivity contribution in [1.29, 1.82) is 0 Å². The molecule has 0 amide bonds. The number of nitrogens with zero attached hydrogens (tertiary/aromatic N) is 2. The molecule has 1 aliphatic heterocycles. The Morgan fingerprint density at radius 1 is 1.21 bits per heavy atom. The lowest BCUT2D eigenvalue weighted by molar-refractivity contribution is 0.0695. The minimum Gasteiger partial charge on any atom is -0.477 e. The van der Waals surface area contributed by atoms with Crippen molar-refractivity contribution in [2.75, 3.05) is 4.90 Å². The number of hydrogen-bond acceptors (Lipinski definition) is 3. The number of carboxylic acid groups (broad SMARTS) is 1. The predicted molar refractivity (Wildman–Crippen MR) is 107 cm³/mol. The number of rotatable bonds is 3.